The van der Waals surface area contributed by atoms with Gasteiger partial charge in [-0.25, -0.2) is 13.8 Å². The molecule has 2 aromatic rings. The van der Waals surface area contributed by atoms with Crippen molar-refractivity contribution in [1.29, 1.82) is 0 Å². The molecule has 0 aliphatic carbocycles. The van der Waals surface area contributed by atoms with E-state index in [1.807, 2.05) is 0 Å². The van der Waals surface area contributed by atoms with E-state index in [1.165, 1.54) is 12.1 Å². The molecule has 4 nitrogen and oxygen atoms in total. The molecule has 20 heavy (non-hydrogen) atoms. The van der Waals surface area contributed by atoms with Crippen LogP contribution in [0.25, 0.3) is 5.69 Å². The van der Waals surface area contributed by atoms with E-state index in [0.29, 0.717) is 0 Å². The third kappa shape index (κ3) is 2.58. The van der Waals surface area contributed by atoms with Crippen molar-refractivity contribution >= 4 is 27.5 Å². The van der Waals surface area contributed by atoms with E-state index >= 15 is 0 Å². The molecule has 0 aliphatic heterocycles. The Labute approximate surface area is 127 Å². The molecule has 106 valence electrons. The van der Waals surface area contributed by atoms with Gasteiger partial charge in [-0.2, -0.15) is 0 Å². The van der Waals surface area contributed by atoms with Crippen molar-refractivity contribution in [1.82, 2.24) is 9.55 Å². The molecule has 0 fully saturated rings. The van der Waals surface area contributed by atoms with Gasteiger partial charge in [-0.15, -0.1) is 0 Å². The van der Waals surface area contributed by atoms with Crippen LogP contribution >= 0.6 is 27.5 Å². The number of nitrogens with zero attached hydrogens (tertiary/aromatic N) is 1. The highest BCUT2D eigenvalue weighted by Gasteiger charge is 2.17. The molecule has 1 heterocycles. The van der Waals surface area contributed by atoms with E-state index in [2.05, 4.69) is 20.9 Å². The molecule has 0 bridgehead atoms. The second-order valence-electron chi connectivity index (χ2n) is 4.55. The maximum atomic E-state index is 13.6. The Hall–Kier alpha value is -1.40. The Kier molecular flexibility index (Phi) is 4.15. The minimum atomic E-state index is -0.703. The lowest BCUT2D eigenvalue weighted by atomic mass is 10.1. The monoisotopic (exact) mass is 360 g/mol. The van der Waals surface area contributed by atoms with E-state index in [9.17, 15) is 14.0 Å². The van der Waals surface area contributed by atoms with Crippen LogP contribution in [-0.2, 0) is 0 Å². The predicted octanol–water partition coefficient (Wildman–Crippen LogP) is 3.20. The van der Waals surface area contributed by atoms with E-state index in [4.69, 9.17) is 11.6 Å². The Balaban J connectivity index is 2.81. The summed E-state index contributed by atoms with van der Waals surface area (Å²) in [5.41, 5.74) is -0.813. The standard InChI is InChI=1S/C13H11BrClFN2O2/c1-6(2)10-11(15)17-13(20)18(12(10)19)7-3-4-8(14)9(16)5-7/h3-6H,1-2H3,(H,17,20). The fraction of sp³-hybridized carbons (Fsp3) is 0.231. The lowest BCUT2D eigenvalue weighted by Crippen LogP contribution is -2.36. The van der Waals surface area contributed by atoms with E-state index in [0.717, 1.165) is 10.6 Å². The van der Waals surface area contributed by atoms with E-state index < -0.39 is 17.1 Å². The highest BCUT2D eigenvalue weighted by molar-refractivity contribution is 9.10. The van der Waals surface area contributed by atoms with Gasteiger partial charge in [0.2, 0.25) is 0 Å². The fourth-order valence-corrected chi connectivity index (χ4v) is 2.51. The topological polar surface area (TPSA) is 54.9 Å². The van der Waals surface area contributed by atoms with Gasteiger partial charge >= 0.3 is 5.69 Å². The number of hydrogen-bond acceptors (Lipinski definition) is 2. The lowest BCUT2D eigenvalue weighted by Gasteiger charge is -2.11. The second-order valence-corrected chi connectivity index (χ2v) is 5.78. The quantitative estimate of drug-likeness (QED) is 0.835. The number of aromatic amines is 1. The first kappa shape index (κ1) is 15.0. The molecule has 7 heteroatoms. The molecule has 0 saturated carbocycles. The smallest absolute Gasteiger partial charge is 0.297 e. The summed E-state index contributed by atoms with van der Waals surface area (Å²) in [7, 11) is 0. The summed E-state index contributed by atoms with van der Waals surface area (Å²) in [6.45, 7) is 3.57. The fourth-order valence-electron chi connectivity index (χ4n) is 1.88. The summed E-state index contributed by atoms with van der Waals surface area (Å²) in [4.78, 5) is 26.7. The van der Waals surface area contributed by atoms with Crippen LogP contribution in [0.4, 0.5) is 4.39 Å². The third-order valence-electron chi connectivity index (χ3n) is 2.83. The van der Waals surface area contributed by atoms with Crippen LogP contribution in [0, 0.1) is 5.82 Å². The van der Waals surface area contributed by atoms with Gasteiger partial charge in [0.25, 0.3) is 5.56 Å². The van der Waals surface area contributed by atoms with Crippen LogP contribution in [0.3, 0.4) is 0 Å². The largest absolute Gasteiger partial charge is 0.334 e. The van der Waals surface area contributed by atoms with Crippen molar-refractivity contribution < 1.29 is 4.39 Å². The molecule has 1 N–H and O–H groups in total. The van der Waals surface area contributed by atoms with Crippen LogP contribution in [0.5, 0.6) is 0 Å². The van der Waals surface area contributed by atoms with Gasteiger partial charge in [0.15, 0.2) is 0 Å². The van der Waals surface area contributed by atoms with Gasteiger partial charge in [-0.3, -0.25) is 9.78 Å². The molecule has 2 rings (SSSR count). The highest BCUT2D eigenvalue weighted by Crippen LogP contribution is 2.20. The summed E-state index contributed by atoms with van der Waals surface area (Å²) in [5, 5.41) is 0.0174. The molecule has 1 aromatic carbocycles. The zero-order chi connectivity index (χ0) is 15.0. The third-order valence-corrected chi connectivity index (χ3v) is 3.77. The minimum Gasteiger partial charge on any atom is -0.297 e. The molecular weight excluding hydrogens is 351 g/mol. The summed E-state index contributed by atoms with van der Waals surface area (Å²) in [6.07, 6.45) is 0. The number of halogens is 3. The van der Waals surface area contributed by atoms with Crippen LogP contribution in [0.2, 0.25) is 5.15 Å². The maximum absolute atomic E-state index is 13.6. The second kappa shape index (κ2) is 5.54. The van der Waals surface area contributed by atoms with E-state index in [1.54, 1.807) is 13.8 Å². The summed E-state index contributed by atoms with van der Waals surface area (Å²) >= 11 is 8.91. The van der Waals surface area contributed by atoms with Crippen LogP contribution in [-0.4, -0.2) is 9.55 Å². The van der Waals surface area contributed by atoms with Crippen LogP contribution in [0.1, 0.15) is 25.3 Å². The Morgan fingerprint density at radius 2 is 2.00 bits per heavy atom. The molecule has 0 atom stereocenters. The van der Waals surface area contributed by atoms with Crippen LogP contribution in [0.15, 0.2) is 32.3 Å². The van der Waals surface area contributed by atoms with Gasteiger partial charge < -0.3 is 0 Å². The van der Waals surface area contributed by atoms with Crippen molar-refractivity contribution in [3.63, 3.8) is 0 Å². The first-order valence-corrected chi connectivity index (χ1v) is 7.00. The first-order chi connectivity index (χ1) is 9.32. The lowest BCUT2D eigenvalue weighted by molar-refractivity contribution is 0.618. The Morgan fingerprint density at radius 3 is 2.55 bits per heavy atom. The highest BCUT2D eigenvalue weighted by atomic mass is 79.9. The van der Waals surface area contributed by atoms with Gasteiger partial charge in [0.05, 0.1) is 15.7 Å². The van der Waals surface area contributed by atoms with Gasteiger partial charge in [0.1, 0.15) is 11.0 Å². The molecule has 0 unspecified atom stereocenters. The van der Waals surface area contributed by atoms with Crippen molar-refractivity contribution in [3.8, 4) is 5.69 Å². The maximum Gasteiger partial charge on any atom is 0.334 e. The average Bonchev–Trinajstić information content (AvgIpc) is 2.32. The molecule has 0 amide bonds. The summed E-state index contributed by atoms with van der Waals surface area (Å²) < 4.78 is 14.7. The van der Waals surface area contributed by atoms with Crippen molar-refractivity contribution in [2.75, 3.05) is 0 Å². The van der Waals surface area contributed by atoms with Gasteiger partial charge in [0, 0.05) is 0 Å². The molecule has 0 spiro atoms. The van der Waals surface area contributed by atoms with Crippen molar-refractivity contribution in [3.05, 3.63) is 60.0 Å². The van der Waals surface area contributed by atoms with E-state index in [-0.39, 0.29) is 26.8 Å². The average molecular weight is 362 g/mol. The Morgan fingerprint density at radius 1 is 1.35 bits per heavy atom. The summed E-state index contributed by atoms with van der Waals surface area (Å²) in [5.74, 6) is -0.728. The number of nitrogens with one attached hydrogen (secondary N) is 1. The molecular formula is C13H11BrClFN2O2. The summed E-state index contributed by atoms with van der Waals surface area (Å²) in [6, 6.07) is 4.01. The van der Waals surface area contributed by atoms with Gasteiger partial charge in [-0.05, 0) is 40.0 Å². The normalized spacial score (nSPS) is 11.1. The Bertz CT molecular complexity index is 783. The number of benzene rings is 1. The minimum absolute atomic E-state index is 0.0174. The zero-order valence-electron chi connectivity index (χ0n) is 10.7. The molecule has 0 aliphatic rings. The number of aromatic nitrogens is 2. The van der Waals surface area contributed by atoms with Crippen LogP contribution < -0.4 is 11.2 Å². The molecule has 0 radical (unpaired) electrons. The number of H-pyrrole nitrogens is 1. The van der Waals surface area contributed by atoms with Gasteiger partial charge in [-0.1, -0.05) is 25.4 Å². The molecule has 0 saturated heterocycles. The first-order valence-electron chi connectivity index (χ1n) is 5.83. The predicted molar refractivity (Wildman–Crippen MR) is 79.4 cm³/mol. The molecule has 1 aromatic heterocycles. The zero-order valence-corrected chi connectivity index (χ0v) is 13.0. The van der Waals surface area contributed by atoms with Crippen molar-refractivity contribution in [2.24, 2.45) is 0 Å². The number of rotatable bonds is 2. The van der Waals surface area contributed by atoms with Crippen molar-refractivity contribution in [2.45, 2.75) is 19.8 Å². The number of hydrogen-bond donors (Lipinski definition) is 1. The SMILES string of the molecule is CC(C)c1c(Cl)[nH]c(=O)n(-c2ccc(Br)c(F)c2)c1=O.